The molecule has 2 amide bonds. The van der Waals surface area contributed by atoms with Gasteiger partial charge in [-0.3, -0.25) is 9.59 Å². The van der Waals surface area contributed by atoms with E-state index in [4.69, 9.17) is 4.74 Å². The van der Waals surface area contributed by atoms with Crippen LogP contribution in [0.25, 0.3) is 0 Å². The van der Waals surface area contributed by atoms with Crippen LogP contribution in [-0.4, -0.2) is 31.0 Å². The summed E-state index contributed by atoms with van der Waals surface area (Å²) in [6.45, 7) is 8.77. The lowest BCUT2D eigenvalue weighted by Crippen LogP contribution is -2.40. The van der Waals surface area contributed by atoms with Gasteiger partial charge in [0.2, 0.25) is 5.91 Å². The lowest BCUT2D eigenvalue weighted by molar-refractivity contribution is -0.120. The third kappa shape index (κ3) is 7.68. The maximum atomic E-state index is 12.0. The van der Waals surface area contributed by atoms with Crippen molar-refractivity contribution < 1.29 is 14.3 Å². The largest absolute Gasteiger partial charge is 0.494 e. The average molecular weight is 320 g/mol. The lowest BCUT2D eigenvalue weighted by Gasteiger charge is -2.15. The Hall–Kier alpha value is -2.04. The monoisotopic (exact) mass is 320 g/mol. The maximum Gasteiger partial charge on any atom is 0.251 e. The average Bonchev–Trinajstić information content (AvgIpc) is 2.51. The second-order valence-electron chi connectivity index (χ2n) is 6.08. The molecule has 0 aliphatic heterocycles. The van der Waals surface area contributed by atoms with Crippen molar-refractivity contribution in [2.24, 2.45) is 5.92 Å². The van der Waals surface area contributed by atoms with Gasteiger partial charge in [-0.05, 0) is 56.9 Å². The van der Waals surface area contributed by atoms with Crippen molar-refractivity contribution in [1.29, 1.82) is 0 Å². The molecule has 0 aliphatic rings. The van der Waals surface area contributed by atoms with Gasteiger partial charge in [0, 0.05) is 11.6 Å². The van der Waals surface area contributed by atoms with Crippen LogP contribution in [0.4, 0.5) is 0 Å². The highest BCUT2D eigenvalue weighted by atomic mass is 16.5. The van der Waals surface area contributed by atoms with Gasteiger partial charge in [-0.2, -0.15) is 0 Å². The van der Waals surface area contributed by atoms with E-state index in [0.717, 1.165) is 18.6 Å². The van der Waals surface area contributed by atoms with Crippen LogP contribution in [-0.2, 0) is 4.79 Å². The van der Waals surface area contributed by atoms with Gasteiger partial charge in [0.1, 0.15) is 5.75 Å². The predicted molar refractivity (Wildman–Crippen MR) is 91.6 cm³/mol. The normalized spacial score (nSPS) is 11.9. The standard InChI is InChI=1S/C18H28N2O3/c1-5-23-16-10-8-15(9-11-16)18(22)19-12-17(21)20-14(4)7-6-13(2)3/h8-11,13-14H,5-7,12H2,1-4H3,(H,19,22)(H,20,21). The van der Waals surface area contributed by atoms with E-state index in [0.29, 0.717) is 18.1 Å². The van der Waals surface area contributed by atoms with E-state index >= 15 is 0 Å². The Kier molecular flexibility index (Phi) is 8.16. The van der Waals surface area contributed by atoms with Crippen molar-refractivity contribution in [3.8, 4) is 5.75 Å². The Morgan fingerprint density at radius 3 is 2.30 bits per heavy atom. The fourth-order valence-electron chi connectivity index (χ4n) is 2.11. The Bertz CT molecular complexity index is 497. The van der Waals surface area contributed by atoms with Gasteiger partial charge in [-0.1, -0.05) is 13.8 Å². The highest BCUT2D eigenvalue weighted by Crippen LogP contribution is 2.11. The highest BCUT2D eigenvalue weighted by Gasteiger charge is 2.11. The molecular formula is C18H28N2O3. The number of amides is 2. The minimum Gasteiger partial charge on any atom is -0.494 e. The van der Waals surface area contributed by atoms with Crippen LogP contribution in [0.1, 0.15) is 50.9 Å². The Labute approximate surface area is 138 Å². The number of hydrogen-bond donors (Lipinski definition) is 2. The van der Waals surface area contributed by atoms with E-state index in [1.54, 1.807) is 24.3 Å². The van der Waals surface area contributed by atoms with Crippen LogP contribution < -0.4 is 15.4 Å². The van der Waals surface area contributed by atoms with Crippen molar-refractivity contribution in [1.82, 2.24) is 10.6 Å². The molecular weight excluding hydrogens is 292 g/mol. The molecule has 0 saturated heterocycles. The summed E-state index contributed by atoms with van der Waals surface area (Å²) in [6.07, 6.45) is 2.01. The smallest absolute Gasteiger partial charge is 0.251 e. The summed E-state index contributed by atoms with van der Waals surface area (Å²) in [5.41, 5.74) is 0.508. The van der Waals surface area contributed by atoms with Crippen LogP contribution in [0.2, 0.25) is 0 Å². The van der Waals surface area contributed by atoms with E-state index in [9.17, 15) is 9.59 Å². The number of hydrogen-bond acceptors (Lipinski definition) is 3. The molecule has 128 valence electrons. The number of rotatable bonds is 9. The van der Waals surface area contributed by atoms with Crippen LogP contribution in [0.15, 0.2) is 24.3 Å². The minimum absolute atomic E-state index is 0.0158. The molecule has 0 saturated carbocycles. The molecule has 1 atom stereocenters. The summed E-state index contributed by atoms with van der Waals surface area (Å²) < 4.78 is 5.33. The first-order chi connectivity index (χ1) is 10.9. The quantitative estimate of drug-likeness (QED) is 0.735. The van der Waals surface area contributed by atoms with Crippen molar-refractivity contribution >= 4 is 11.8 Å². The topological polar surface area (TPSA) is 67.4 Å². The molecule has 0 spiro atoms. The first-order valence-corrected chi connectivity index (χ1v) is 8.22. The fraction of sp³-hybridized carbons (Fsp3) is 0.556. The summed E-state index contributed by atoms with van der Waals surface area (Å²) in [7, 11) is 0. The van der Waals surface area contributed by atoms with Gasteiger partial charge in [-0.15, -0.1) is 0 Å². The van der Waals surface area contributed by atoms with Crippen LogP contribution in [0.3, 0.4) is 0 Å². The zero-order chi connectivity index (χ0) is 17.2. The summed E-state index contributed by atoms with van der Waals surface area (Å²) >= 11 is 0. The molecule has 0 aromatic heterocycles. The second-order valence-corrected chi connectivity index (χ2v) is 6.08. The molecule has 0 bridgehead atoms. The number of carbonyl (C=O) groups excluding carboxylic acids is 2. The van der Waals surface area contributed by atoms with E-state index in [2.05, 4.69) is 24.5 Å². The maximum absolute atomic E-state index is 12.0. The molecule has 0 aliphatic carbocycles. The lowest BCUT2D eigenvalue weighted by atomic mass is 10.0. The van der Waals surface area contributed by atoms with Crippen molar-refractivity contribution in [3.63, 3.8) is 0 Å². The summed E-state index contributed by atoms with van der Waals surface area (Å²) in [5.74, 6) is 0.910. The molecule has 0 fully saturated rings. The van der Waals surface area contributed by atoms with Crippen molar-refractivity contribution in [2.75, 3.05) is 13.2 Å². The zero-order valence-corrected chi connectivity index (χ0v) is 14.5. The Morgan fingerprint density at radius 1 is 1.09 bits per heavy atom. The van der Waals surface area contributed by atoms with Gasteiger partial charge in [0.15, 0.2) is 0 Å². The van der Waals surface area contributed by atoms with E-state index in [1.165, 1.54) is 0 Å². The number of nitrogens with one attached hydrogen (secondary N) is 2. The van der Waals surface area contributed by atoms with Crippen molar-refractivity contribution in [3.05, 3.63) is 29.8 Å². The molecule has 5 nitrogen and oxygen atoms in total. The van der Waals surface area contributed by atoms with Crippen LogP contribution in [0.5, 0.6) is 5.75 Å². The SMILES string of the molecule is CCOc1ccc(C(=O)NCC(=O)NC(C)CCC(C)C)cc1. The molecule has 0 radical (unpaired) electrons. The second kappa shape index (κ2) is 9.87. The van der Waals surface area contributed by atoms with E-state index < -0.39 is 0 Å². The molecule has 2 N–H and O–H groups in total. The summed E-state index contributed by atoms with van der Waals surface area (Å²) in [4.78, 5) is 23.8. The molecule has 23 heavy (non-hydrogen) atoms. The third-order valence-corrected chi connectivity index (χ3v) is 3.42. The van der Waals surface area contributed by atoms with Crippen LogP contribution >= 0.6 is 0 Å². The van der Waals surface area contributed by atoms with E-state index in [-0.39, 0.29) is 24.4 Å². The minimum atomic E-state index is -0.266. The molecule has 1 aromatic carbocycles. The van der Waals surface area contributed by atoms with Gasteiger partial charge >= 0.3 is 0 Å². The first-order valence-electron chi connectivity index (χ1n) is 8.22. The Balaban J connectivity index is 2.35. The van der Waals surface area contributed by atoms with Crippen molar-refractivity contribution in [2.45, 2.75) is 46.6 Å². The first kappa shape index (κ1) is 19.0. The molecule has 0 heterocycles. The third-order valence-electron chi connectivity index (χ3n) is 3.42. The molecule has 1 rings (SSSR count). The van der Waals surface area contributed by atoms with Gasteiger partial charge < -0.3 is 15.4 Å². The zero-order valence-electron chi connectivity index (χ0n) is 14.5. The fourth-order valence-corrected chi connectivity index (χ4v) is 2.11. The summed E-state index contributed by atoms with van der Waals surface area (Å²) in [6, 6.07) is 6.97. The van der Waals surface area contributed by atoms with Crippen LogP contribution in [0, 0.1) is 5.92 Å². The number of carbonyl (C=O) groups is 2. The van der Waals surface area contributed by atoms with Gasteiger partial charge in [-0.25, -0.2) is 0 Å². The van der Waals surface area contributed by atoms with E-state index in [1.807, 2.05) is 13.8 Å². The number of ether oxygens (including phenoxy) is 1. The van der Waals surface area contributed by atoms with Gasteiger partial charge in [0.05, 0.1) is 13.2 Å². The molecule has 1 aromatic rings. The number of benzene rings is 1. The Morgan fingerprint density at radius 2 is 1.74 bits per heavy atom. The molecule has 5 heteroatoms. The predicted octanol–water partition coefficient (Wildman–Crippen LogP) is 2.76. The highest BCUT2D eigenvalue weighted by molar-refractivity contribution is 5.96. The summed E-state index contributed by atoms with van der Waals surface area (Å²) in [5, 5.41) is 5.52. The van der Waals surface area contributed by atoms with Gasteiger partial charge in [0.25, 0.3) is 5.91 Å². The molecule has 1 unspecified atom stereocenters.